The molecule has 36 heavy (non-hydrogen) atoms. The summed E-state index contributed by atoms with van der Waals surface area (Å²) < 4.78 is 15.1. The van der Waals surface area contributed by atoms with Gasteiger partial charge in [-0.15, -0.1) is 0 Å². The monoisotopic (exact) mass is 488 g/mol. The number of piperidine rings is 2. The number of imide groups is 1. The van der Waals surface area contributed by atoms with Crippen LogP contribution in [0.3, 0.4) is 0 Å². The lowest BCUT2D eigenvalue weighted by Crippen LogP contribution is -2.52. The Morgan fingerprint density at radius 3 is 2.47 bits per heavy atom. The van der Waals surface area contributed by atoms with Gasteiger partial charge in [0.15, 0.2) is 0 Å². The lowest BCUT2D eigenvalue weighted by atomic mass is 9.87. The van der Waals surface area contributed by atoms with Gasteiger partial charge in [0.25, 0.3) is 5.91 Å². The molecule has 0 bridgehead atoms. The first-order valence-corrected chi connectivity index (χ1v) is 12.1. The van der Waals surface area contributed by atoms with Crippen LogP contribution in [-0.4, -0.2) is 52.6 Å². The van der Waals surface area contributed by atoms with Crippen LogP contribution in [0.5, 0.6) is 0 Å². The molecule has 5 rings (SSSR count). The maximum atomic E-state index is 15.1. The number of fused-ring (bicyclic) bond motifs is 1. The molecule has 2 aromatic carbocycles. The normalized spacial score (nSPS) is 20.2. The fourth-order valence-electron chi connectivity index (χ4n) is 5.34. The summed E-state index contributed by atoms with van der Waals surface area (Å²) in [5.74, 6) is -1.77. The van der Waals surface area contributed by atoms with Crippen molar-refractivity contribution in [3.63, 3.8) is 0 Å². The molecular formula is C27H25FN4O4. The molecule has 0 spiro atoms. The van der Waals surface area contributed by atoms with Gasteiger partial charge in [0, 0.05) is 31.6 Å². The number of halogens is 1. The third kappa shape index (κ3) is 4.47. The van der Waals surface area contributed by atoms with E-state index in [4.69, 9.17) is 5.26 Å². The van der Waals surface area contributed by atoms with E-state index in [0.717, 1.165) is 5.56 Å². The van der Waals surface area contributed by atoms with E-state index >= 15 is 4.39 Å². The second kappa shape index (κ2) is 9.53. The van der Waals surface area contributed by atoms with Gasteiger partial charge in [0.1, 0.15) is 11.9 Å². The molecule has 2 saturated heterocycles. The molecule has 1 unspecified atom stereocenters. The van der Waals surface area contributed by atoms with Crippen LogP contribution in [0.15, 0.2) is 36.4 Å². The van der Waals surface area contributed by atoms with Gasteiger partial charge in [-0.2, -0.15) is 5.26 Å². The quantitative estimate of drug-likeness (QED) is 0.665. The number of nitriles is 1. The first-order valence-electron chi connectivity index (χ1n) is 12.1. The number of amides is 4. The molecule has 8 nitrogen and oxygen atoms in total. The van der Waals surface area contributed by atoms with Crippen LogP contribution in [0.4, 0.5) is 4.39 Å². The number of likely N-dealkylation sites (tertiary alicyclic amines) is 1. The van der Waals surface area contributed by atoms with Crippen molar-refractivity contribution in [1.29, 1.82) is 5.26 Å². The van der Waals surface area contributed by atoms with E-state index < -0.39 is 23.7 Å². The maximum Gasteiger partial charge on any atom is 0.255 e. The van der Waals surface area contributed by atoms with Crippen LogP contribution >= 0.6 is 0 Å². The Labute approximate surface area is 207 Å². The number of hydrogen-bond acceptors (Lipinski definition) is 5. The third-order valence-electron chi connectivity index (χ3n) is 7.37. The fourth-order valence-corrected chi connectivity index (χ4v) is 5.34. The van der Waals surface area contributed by atoms with Crippen molar-refractivity contribution in [3.05, 3.63) is 70.0 Å². The van der Waals surface area contributed by atoms with Gasteiger partial charge in [0.2, 0.25) is 17.7 Å². The van der Waals surface area contributed by atoms with E-state index in [-0.39, 0.29) is 49.1 Å². The van der Waals surface area contributed by atoms with E-state index in [1.807, 2.05) is 0 Å². The summed E-state index contributed by atoms with van der Waals surface area (Å²) in [5.41, 5.74) is 2.86. The van der Waals surface area contributed by atoms with Gasteiger partial charge < -0.3 is 9.80 Å². The van der Waals surface area contributed by atoms with Crippen LogP contribution in [0.25, 0.3) is 0 Å². The molecule has 0 aliphatic carbocycles. The number of nitrogens with one attached hydrogen (secondary N) is 1. The van der Waals surface area contributed by atoms with Crippen LogP contribution in [0, 0.1) is 17.1 Å². The summed E-state index contributed by atoms with van der Waals surface area (Å²) in [4.78, 5) is 52.6. The molecule has 2 fully saturated rings. The molecule has 4 amide bonds. The Balaban J connectivity index is 1.23. The van der Waals surface area contributed by atoms with Crippen LogP contribution in [-0.2, 0) is 27.3 Å². The van der Waals surface area contributed by atoms with Gasteiger partial charge in [-0.05, 0) is 60.1 Å². The molecular weight excluding hydrogens is 463 g/mol. The number of rotatable bonds is 4. The van der Waals surface area contributed by atoms with E-state index in [0.29, 0.717) is 42.6 Å². The zero-order chi connectivity index (χ0) is 25.4. The van der Waals surface area contributed by atoms with E-state index in [1.165, 1.54) is 11.0 Å². The van der Waals surface area contributed by atoms with Crippen molar-refractivity contribution >= 4 is 23.6 Å². The molecule has 9 heteroatoms. The van der Waals surface area contributed by atoms with Crippen LogP contribution in [0.2, 0.25) is 0 Å². The molecule has 0 saturated carbocycles. The Morgan fingerprint density at radius 2 is 1.81 bits per heavy atom. The van der Waals surface area contributed by atoms with E-state index in [2.05, 4.69) is 11.4 Å². The average molecular weight is 489 g/mol. The minimum absolute atomic E-state index is 0.00179. The Morgan fingerprint density at radius 1 is 1.08 bits per heavy atom. The first-order chi connectivity index (χ1) is 17.3. The second-order valence-corrected chi connectivity index (χ2v) is 9.57. The maximum absolute atomic E-state index is 15.1. The first kappa shape index (κ1) is 23.7. The fraction of sp³-hybridized carbons (Fsp3) is 0.370. The van der Waals surface area contributed by atoms with Crippen molar-refractivity contribution in [2.24, 2.45) is 0 Å². The highest BCUT2D eigenvalue weighted by Crippen LogP contribution is 2.35. The molecule has 1 N–H and O–H groups in total. The molecule has 1 atom stereocenters. The van der Waals surface area contributed by atoms with Crippen molar-refractivity contribution < 1.29 is 23.6 Å². The highest BCUT2D eigenvalue weighted by atomic mass is 19.1. The lowest BCUT2D eigenvalue weighted by Gasteiger charge is -2.32. The zero-order valence-electron chi connectivity index (χ0n) is 19.6. The lowest BCUT2D eigenvalue weighted by molar-refractivity contribution is -0.137. The van der Waals surface area contributed by atoms with Crippen LogP contribution in [0.1, 0.15) is 64.2 Å². The SMILES string of the molecule is N#Cc1ccc(CC(=O)N2CCC(c3cc4c(cc3F)C(=O)N(C3CCC(=O)NC3=O)C4)CC2)cc1. The predicted octanol–water partition coefficient (Wildman–Crippen LogP) is 2.41. The van der Waals surface area contributed by atoms with Gasteiger partial charge in [-0.25, -0.2) is 4.39 Å². The average Bonchev–Trinajstić information content (AvgIpc) is 3.19. The highest BCUT2D eigenvalue weighted by Gasteiger charge is 2.40. The predicted molar refractivity (Wildman–Crippen MR) is 126 cm³/mol. The van der Waals surface area contributed by atoms with E-state index in [9.17, 15) is 19.2 Å². The number of hydrogen-bond donors (Lipinski definition) is 1. The summed E-state index contributed by atoms with van der Waals surface area (Å²) in [6, 6.07) is 11.3. The number of carbonyl (C=O) groups excluding carboxylic acids is 4. The Hall–Kier alpha value is -4.06. The van der Waals surface area contributed by atoms with Gasteiger partial charge in [-0.1, -0.05) is 18.2 Å². The Bertz CT molecular complexity index is 1290. The van der Waals surface area contributed by atoms with Crippen molar-refractivity contribution in [1.82, 2.24) is 15.1 Å². The summed E-state index contributed by atoms with van der Waals surface area (Å²) in [7, 11) is 0. The number of carbonyl (C=O) groups is 4. The molecule has 184 valence electrons. The minimum atomic E-state index is -0.737. The summed E-state index contributed by atoms with van der Waals surface area (Å²) in [6.45, 7) is 1.23. The smallest absolute Gasteiger partial charge is 0.255 e. The molecule has 2 aromatic rings. The van der Waals surface area contributed by atoms with Gasteiger partial charge in [0.05, 0.1) is 18.1 Å². The molecule has 0 radical (unpaired) electrons. The van der Waals surface area contributed by atoms with Crippen molar-refractivity contribution in [2.45, 2.75) is 50.6 Å². The summed E-state index contributed by atoms with van der Waals surface area (Å²) in [5, 5.41) is 11.2. The minimum Gasteiger partial charge on any atom is -0.342 e. The standard InChI is InChI=1S/C27H25FN4O4/c28-22-13-21-19(15-32(27(21)36)23-5-6-24(33)30-26(23)35)12-20(22)18-7-9-31(10-8-18)25(34)11-16-1-3-17(14-29)4-2-16/h1-4,12-13,18,23H,5-11,15H2,(H,30,33,35). The number of benzene rings is 2. The van der Waals surface area contributed by atoms with E-state index in [1.54, 1.807) is 35.2 Å². The topological polar surface area (TPSA) is 111 Å². The van der Waals surface area contributed by atoms with Crippen molar-refractivity contribution in [2.75, 3.05) is 13.1 Å². The van der Waals surface area contributed by atoms with Crippen LogP contribution < -0.4 is 5.32 Å². The largest absolute Gasteiger partial charge is 0.342 e. The third-order valence-corrected chi connectivity index (χ3v) is 7.37. The van der Waals surface area contributed by atoms with Gasteiger partial charge in [-0.3, -0.25) is 24.5 Å². The zero-order valence-corrected chi connectivity index (χ0v) is 19.6. The Kier molecular flexibility index (Phi) is 6.27. The summed E-state index contributed by atoms with van der Waals surface area (Å²) in [6.07, 6.45) is 1.90. The summed E-state index contributed by atoms with van der Waals surface area (Å²) >= 11 is 0. The van der Waals surface area contributed by atoms with Crippen molar-refractivity contribution in [3.8, 4) is 6.07 Å². The molecule has 3 aliphatic rings. The highest BCUT2D eigenvalue weighted by molar-refractivity contribution is 6.05. The number of nitrogens with zero attached hydrogens (tertiary/aromatic N) is 3. The second-order valence-electron chi connectivity index (χ2n) is 9.57. The van der Waals surface area contributed by atoms with Gasteiger partial charge >= 0.3 is 0 Å². The molecule has 3 aliphatic heterocycles. The molecule has 3 heterocycles. The molecule has 0 aromatic heterocycles.